The molecule has 68 valence electrons. The van der Waals surface area contributed by atoms with Crippen molar-refractivity contribution in [1.82, 2.24) is 9.55 Å². The van der Waals surface area contributed by atoms with Crippen molar-refractivity contribution in [1.29, 1.82) is 0 Å². The number of hydrogen-bond donors (Lipinski definition) is 1. The molecule has 1 N–H and O–H groups in total. The van der Waals surface area contributed by atoms with Gasteiger partial charge in [-0.3, -0.25) is 4.98 Å². The van der Waals surface area contributed by atoms with Crippen molar-refractivity contribution in [2.24, 2.45) is 7.05 Å². The highest BCUT2D eigenvalue weighted by molar-refractivity contribution is 5.82. The first-order valence-electron chi connectivity index (χ1n) is 4.27. The first-order chi connectivity index (χ1) is 6.20. The molecule has 0 fully saturated rings. The van der Waals surface area contributed by atoms with Crippen molar-refractivity contribution in [2.75, 3.05) is 0 Å². The van der Waals surface area contributed by atoms with E-state index >= 15 is 0 Å². The molecular weight excluding hydrogens is 164 g/mol. The Morgan fingerprint density at radius 2 is 2.23 bits per heavy atom. The van der Waals surface area contributed by atoms with E-state index in [0.29, 0.717) is 0 Å². The van der Waals surface area contributed by atoms with E-state index in [1.165, 1.54) is 0 Å². The Morgan fingerprint density at radius 1 is 1.46 bits per heavy atom. The van der Waals surface area contributed by atoms with Gasteiger partial charge in [-0.1, -0.05) is 0 Å². The Morgan fingerprint density at radius 3 is 2.92 bits per heavy atom. The molecule has 0 radical (unpaired) electrons. The minimum atomic E-state index is -0.460. The summed E-state index contributed by atoms with van der Waals surface area (Å²) < 4.78 is 1.99. The van der Waals surface area contributed by atoms with E-state index in [0.717, 1.165) is 16.5 Å². The van der Waals surface area contributed by atoms with Crippen LogP contribution < -0.4 is 0 Å². The Bertz CT molecular complexity index is 431. The van der Waals surface area contributed by atoms with E-state index < -0.39 is 6.10 Å². The molecule has 13 heavy (non-hydrogen) atoms. The zero-order chi connectivity index (χ0) is 9.42. The lowest BCUT2D eigenvalue weighted by molar-refractivity contribution is 0.200. The molecule has 0 aliphatic carbocycles. The van der Waals surface area contributed by atoms with Crippen LogP contribution in [0.5, 0.6) is 0 Å². The fourth-order valence-corrected chi connectivity index (χ4v) is 1.54. The molecule has 0 aliphatic heterocycles. The first-order valence-corrected chi connectivity index (χ1v) is 4.27. The molecule has 1 unspecified atom stereocenters. The number of fused-ring (bicyclic) bond motifs is 1. The minimum Gasteiger partial charge on any atom is -0.389 e. The van der Waals surface area contributed by atoms with Crippen LogP contribution in [0.3, 0.4) is 0 Å². The molecule has 3 heteroatoms. The number of aromatic nitrogens is 2. The quantitative estimate of drug-likeness (QED) is 0.717. The maximum atomic E-state index is 9.48. The van der Waals surface area contributed by atoms with Crippen molar-refractivity contribution in [2.45, 2.75) is 13.0 Å². The fourth-order valence-electron chi connectivity index (χ4n) is 1.54. The van der Waals surface area contributed by atoms with Gasteiger partial charge in [-0.25, -0.2) is 0 Å². The molecule has 0 saturated heterocycles. The van der Waals surface area contributed by atoms with Crippen LogP contribution >= 0.6 is 0 Å². The molecule has 2 aromatic rings. The van der Waals surface area contributed by atoms with Crippen LogP contribution in [0.4, 0.5) is 0 Å². The van der Waals surface area contributed by atoms with E-state index in [1.54, 1.807) is 19.3 Å². The molecular formula is C10H12N2O. The lowest BCUT2D eigenvalue weighted by Gasteiger charge is -2.05. The maximum Gasteiger partial charge on any atom is 0.0783 e. The summed E-state index contributed by atoms with van der Waals surface area (Å²) in [6.07, 6.45) is 5.03. The Balaban J connectivity index is 2.77. The first kappa shape index (κ1) is 8.26. The van der Waals surface area contributed by atoms with Crippen molar-refractivity contribution < 1.29 is 5.11 Å². The van der Waals surface area contributed by atoms with Crippen LogP contribution in [0.2, 0.25) is 0 Å². The summed E-state index contributed by atoms with van der Waals surface area (Å²) in [5.74, 6) is 0. The summed E-state index contributed by atoms with van der Waals surface area (Å²) in [6, 6.07) is 2.00. The van der Waals surface area contributed by atoms with Gasteiger partial charge >= 0.3 is 0 Å². The van der Waals surface area contributed by atoms with Gasteiger partial charge in [0.05, 0.1) is 17.8 Å². The molecule has 2 aromatic heterocycles. The Kier molecular flexibility index (Phi) is 1.81. The third-order valence-corrected chi connectivity index (χ3v) is 2.29. The molecule has 0 saturated carbocycles. The van der Waals surface area contributed by atoms with Gasteiger partial charge in [-0.05, 0) is 13.0 Å². The minimum absolute atomic E-state index is 0.460. The van der Waals surface area contributed by atoms with Gasteiger partial charge in [-0.15, -0.1) is 0 Å². The maximum absolute atomic E-state index is 9.48. The summed E-state index contributed by atoms with van der Waals surface area (Å²) in [7, 11) is 1.97. The molecule has 0 bridgehead atoms. The van der Waals surface area contributed by atoms with E-state index in [1.807, 2.05) is 23.9 Å². The normalized spacial score (nSPS) is 13.5. The van der Waals surface area contributed by atoms with E-state index in [-0.39, 0.29) is 0 Å². The molecule has 0 amide bonds. The Labute approximate surface area is 76.6 Å². The van der Waals surface area contributed by atoms with Crippen LogP contribution in [0.25, 0.3) is 10.9 Å². The summed E-state index contributed by atoms with van der Waals surface area (Å²) in [5.41, 5.74) is 1.94. The predicted molar refractivity (Wildman–Crippen MR) is 51.3 cm³/mol. The van der Waals surface area contributed by atoms with E-state index in [2.05, 4.69) is 4.98 Å². The highest BCUT2D eigenvalue weighted by Crippen LogP contribution is 2.22. The highest BCUT2D eigenvalue weighted by Gasteiger charge is 2.07. The standard InChI is InChI=1S/C10H12N2O/c1-7(13)9-5-11-6-10-8(9)3-4-12(10)2/h3-7,13H,1-2H3. The molecule has 3 nitrogen and oxygen atoms in total. The largest absolute Gasteiger partial charge is 0.389 e. The SMILES string of the molecule is CC(O)c1cncc2c1ccn2C. The highest BCUT2D eigenvalue weighted by atomic mass is 16.3. The van der Waals surface area contributed by atoms with Gasteiger partial charge in [0.15, 0.2) is 0 Å². The topological polar surface area (TPSA) is 38.1 Å². The van der Waals surface area contributed by atoms with Crippen molar-refractivity contribution in [3.05, 3.63) is 30.2 Å². The number of aliphatic hydroxyl groups excluding tert-OH is 1. The Hall–Kier alpha value is -1.35. The number of pyridine rings is 1. The second-order valence-corrected chi connectivity index (χ2v) is 3.26. The number of aliphatic hydroxyl groups is 1. The number of hydrogen-bond acceptors (Lipinski definition) is 2. The van der Waals surface area contributed by atoms with E-state index in [9.17, 15) is 5.11 Å². The van der Waals surface area contributed by atoms with Crippen LogP contribution in [0, 0.1) is 0 Å². The molecule has 0 aliphatic rings. The average Bonchev–Trinajstić information content (AvgIpc) is 2.48. The number of nitrogens with zero attached hydrogens (tertiary/aromatic N) is 2. The zero-order valence-corrected chi connectivity index (χ0v) is 7.73. The van der Waals surface area contributed by atoms with Crippen LogP contribution in [-0.4, -0.2) is 14.7 Å². The third kappa shape index (κ3) is 1.21. The van der Waals surface area contributed by atoms with Gasteiger partial charge in [0.1, 0.15) is 0 Å². The second kappa shape index (κ2) is 2.85. The average molecular weight is 176 g/mol. The summed E-state index contributed by atoms with van der Waals surface area (Å²) in [4.78, 5) is 4.09. The molecule has 1 atom stereocenters. The summed E-state index contributed by atoms with van der Waals surface area (Å²) >= 11 is 0. The van der Waals surface area contributed by atoms with Gasteiger partial charge in [-0.2, -0.15) is 0 Å². The summed E-state index contributed by atoms with van der Waals surface area (Å²) in [5, 5.41) is 10.6. The van der Waals surface area contributed by atoms with Gasteiger partial charge in [0.25, 0.3) is 0 Å². The van der Waals surface area contributed by atoms with Crippen LogP contribution in [-0.2, 0) is 7.05 Å². The fraction of sp³-hybridized carbons (Fsp3) is 0.300. The van der Waals surface area contributed by atoms with Crippen molar-refractivity contribution in [3.8, 4) is 0 Å². The van der Waals surface area contributed by atoms with Crippen LogP contribution in [0.1, 0.15) is 18.6 Å². The van der Waals surface area contributed by atoms with E-state index in [4.69, 9.17) is 0 Å². The molecule has 2 heterocycles. The molecule has 0 aromatic carbocycles. The zero-order valence-electron chi connectivity index (χ0n) is 7.73. The number of rotatable bonds is 1. The van der Waals surface area contributed by atoms with Gasteiger partial charge in [0, 0.05) is 30.4 Å². The monoisotopic (exact) mass is 176 g/mol. The van der Waals surface area contributed by atoms with Gasteiger partial charge < -0.3 is 9.67 Å². The van der Waals surface area contributed by atoms with Crippen LogP contribution in [0.15, 0.2) is 24.7 Å². The lowest BCUT2D eigenvalue weighted by atomic mass is 10.1. The van der Waals surface area contributed by atoms with Crippen molar-refractivity contribution in [3.63, 3.8) is 0 Å². The summed E-state index contributed by atoms with van der Waals surface area (Å²) in [6.45, 7) is 1.75. The molecule has 0 spiro atoms. The second-order valence-electron chi connectivity index (χ2n) is 3.26. The van der Waals surface area contributed by atoms with Crippen molar-refractivity contribution >= 4 is 10.9 Å². The predicted octanol–water partition coefficient (Wildman–Crippen LogP) is 1.63. The molecule has 2 rings (SSSR count). The lowest BCUT2D eigenvalue weighted by Crippen LogP contribution is -1.94. The van der Waals surface area contributed by atoms with Gasteiger partial charge in [0.2, 0.25) is 0 Å². The third-order valence-electron chi connectivity index (χ3n) is 2.29. The number of aryl methyl sites for hydroxylation is 1. The smallest absolute Gasteiger partial charge is 0.0783 e.